The van der Waals surface area contributed by atoms with Crippen LogP contribution in [0, 0.1) is 0 Å². The molecule has 6 nitrogen and oxygen atoms in total. The fourth-order valence-electron chi connectivity index (χ4n) is 1.99. The summed E-state index contributed by atoms with van der Waals surface area (Å²) < 4.78 is 5.10. The molecule has 0 aliphatic heterocycles. The van der Waals surface area contributed by atoms with Crippen LogP contribution in [0.1, 0.15) is 46.1 Å². The number of amides is 2. The lowest BCUT2D eigenvalue weighted by Crippen LogP contribution is -2.59. The van der Waals surface area contributed by atoms with Crippen LogP contribution in [-0.4, -0.2) is 28.4 Å². The van der Waals surface area contributed by atoms with Gasteiger partial charge in [-0.25, -0.2) is 4.79 Å². The van der Waals surface area contributed by atoms with E-state index in [0.29, 0.717) is 6.42 Å². The minimum Gasteiger partial charge on any atom is -0.444 e. The molecule has 1 aromatic rings. The van der Waals surface area contributed by atoms with E-state index in [2.05, 4.69) is 10.6 Å². The van der Waals surface area contributed by atoms with Gasteiger partial charge in [0.05, 0.1) is 0 Å². The first-order valence-electron chi connectivity index (χ1n) is 7.72. The zero-order valence-corrected chi connectivity index (χ0v) is 14.2. The molecule has 1 rings (SSSR count). The van der Waals surface area contributed by atoms with Crippen molar-refractivity contribution in [1.29, 1.82) is 0 Å². The summed E-state index contributed by atoms with van der Waals surface area (Å²) in [4.78, 5) is 24.2. The third-order valence-corrected chi connectivity index (χ3v) is 2.99. The number of benzene rings is 1. The molecule has 0 saturated carbocycles. The van der Waals surface area contributed by atoms with Crippen molar-refractivity contribution in [2.75, 3.05) is 0 Å². The van der Waals surface area contributed by atoms with Gasteiger partial charge in [-0.2, -0.15) is 0 Å². The van der Waals surface area contributed by atoms with Crippen LogP contribution >= 0.6 is 0 Å². The van der Waals surface area contributed by atoms with E-state index in [1.54, 1.807) is 20.8 Å². The van der Waals surface area contributed by atoms with E-state index in [0.717, 1.165) is 5.56 Å². The zero-order valence-electron chi connectivity index (χ0n) is 14.2. The minimum atomic E-state index is -1.99. The lowest BCUT2D eigenvalue weighted by Gasteiger charge is -2.29. The molecule has 3 N–H and O–H groups in total. The van der Waals surface area contributed by atoms with Crippen molar-refractivity contribution >= 4 is 12.0 Å². The van der Waals surface area contributed by atoms with Crippen LogP contribution < -0.4 is 10.6 Å². The highest BCUT2D eigenvalue weighted by Gasteiger charge is 2.38. The standard InChI is InChI=1S/C17H26N2O4/c1-5-11-17(22,19-15(21)23-16(2,3)4)14(20)18-12-13-9-7-6-8-10-13/h6-10,22H,5,11-12H2,1-4H3,(H,18,20)(H,19,21). The van der Waals surface area contributed by atoms with Crippen molar-refractivity contribution in [3.05, 3.63) is 35.9 Å². The maximum Gasteiger partial charge on any atom is 0.410 e. The summed E-state index contributed by atoms with van der Waals surface area (Å²) in [7, 11) is 0. The Hall–Kier alpha value is -2.08. The summed E-state index contributed by atoms with van der Waals surface area (Å²) in [5, 5.41) is 15.4. The van der Waals surface area contributed by atoms with Crippen molar-refractivity contribution in [3.63, 3.8) is 0 Å². The molecule has 1 atom stereocenters. The molecule has 1 unspecified atom stereocenters. The Bertz CT molecular complexity index is 525. The highest BCUT2D eigenvalue weighted by atomic mass is 16.6. The van der Waals surface area contributed by atoms with Crippen molar-refractivity contribution in [2.24, 2.45) is 0 Å². The molecule has 0 saturated heterocycles. The smallest absolute Gasteiger partial charge is 0.410 e. The molecular weight excluding hydrogens is 296 g/mol. The lowest BCUT2D eigenvalue weighted by atomic mass is 10.1. The summed E-state index contributed by atoms with van der Waals surface area (Å²) in [5.74, 6) is -0.658. The zero-order chi connectivity index (χ0) is 17.5. The fourth-order valence-corrected chi connectivity index (χ4v) is 1.99. The molecule has 2 amide bonds. The molecule has 0 bridgehead atoms. The van der Waals surface area contributed by atoms with Crippen LogP contribution in [-0.2, 0) is 16.1 Å². The Morgan fingerprint density at radius 1 is 1.17 bits per heavy atom. The Morgan fingerprint density at radius 2 is 1.78 bits per heavy atom. The first kappa shape index (κ1) is 19.0. The normalized spacial score (nSPS) is 13.8. The number of ether oxygens (including phenoxy) is 1. The van der Waals surface area contributed by atoms with Gasteiger partial charge in [-0.15, -0.1) is 0 Å². The van der Waals surface area contributed by atoms with Gasteiger partial charge in [-0.05, 0) is 26.3 Å². The fraction of sp³-hybridized carbons (Fsp3) is 0.529. The molecule has 0 aliphatic carbocycles. The summed E-state index contributed by atoms with van der Waals surface area (Å²) in [5.41, 5.74) is -1.80. The SMILES string of the molecule is CCCC(O)(NC(=O)OC(C)(C)C)C(=O)NCc1ccccc1. The van der Waals surface area contributed by atoms with Crippen LogP contribution in [0.5, 0.6) is 0 Å². The number of rotatable bonds is 6. The highest BCUT2D eigenvalue weighted by Crippen LogP contribution is 2.13. The van der Waals surface area contributed by atoms with E-state index in [4.69, 9.17) is 4.74 Å². The van der Waals surface area contributed by atoms with Crippen LogP contribution in [0.15, 0.2) is 30.3 Å². The van der Waals surface area contributed by atoms with E-state index in [1.165, 1.54) is 0 Å². The van der Waals surface area contributed by atoms with Gasteiger partial charge in [0.15, 0.2) is 0 Å². The van der Waals surface area contributed by atoms with Gasteiger partial charge >= 0.3 is 6.09 Å². The quantitative estimate of drug-likeness (QED) is 0.701. The minimum absolute atomic E-state index is 0.0901. The second-order valence-corrected chi connectivity index (χ2v) is 6.41. The largest absolute Gasteiger partial charge is 0.444 e. The van der Waals surface area contributed by atoms with Crippen molar-refractivity contribution in [1.82, 2.24) is 10.6 Å². The van der Waals surface area contributed by atoms with Crippen LogP contribution in [0.25, 0.3) is 0 Å². The van der Waals surface area contributed by atoms with Gasteiger partial charge in [0.25, 0.3) is 5.91 Å². The third-order valence-electron chi connectivity index (χ3n) is 2.99. The molecule has 23 heavy (non-hydrogen) atoms. The summed E-state index contributed by atoms with van der Waals surface area (Å²) in [6.07, 6.45) is -0.221. The molecule has 0 aliphatic rings. The van der Waals surface area contributed by atoms with Crippen molar-refractivity contribution in [2.45, 2.75) is 58.4 Å². The van der Waals surface area contributed by atoms with E-state index >= 15 is 0 Å². The third kappa shape index (κ3) is 6.69. The van der Waals surface area contributed by atoms with Gasteiger partial charge in [-0.3, -0.25) is 10.1 Å². The lowest BCUT2D eigenvalue weighted by molar-refractivity contribution is -0.144. The summed E-state index contributed by atoms with van der Waals surface area (Å²) in [6, 6.07) is 9.32. The monoisotopic (exact) mass is 322 g/mol. The first-order valence-corrected chi connectivity index (χ1v) is 7.72. The van der Waals surface area contributed by atoms with Crippen LogP contribution in [0.2, 0.25) is 0 Å². The van der Waals surface area contributed by atoms with E-state index < -0.39 is 23.3 Å². The number of nitrogens with one attached hydrogen (secondary N) is 2. The molecule has 0 radical (unpaired) electrons. The molecule has 1 aromatic carbocycles. The molecule has 0 spiro atoms. The molecule has 0 fully saturated rings. The number of alkyl carbamates (subject to hydrolysis) is 1. The Morgan fingerprint density at radius 3 is 2.30 bits per heavy atom. The second kappa shape index (κ2) is 7.97. The molecule has 128 valence electrons. The number of carbonyl (C=O) groups is 2. The number of hydrogen-bond acceptors (Lipinski definition) is 4. The van der Waals surface area contributed by atoms with Crippen LogP contribution in [0.3, 0.4) is 0 Å². The molecule has 6 heteroatoms. The predicted octanol–water partition coefficient (Wildman–Crippen LogP) is 2.32. The van der Waals surface area contributed by atoms with Gasteiger partial charge in [-0.1, -0.05) is 43.7 Å². The number of hydrogen-bond donors (Lipinski definition) is 3. The second-order valence-electron chi connectivity index (χ2n) is 6.41. The van der Waals surface area contributed by atoms with E-state index in [9.17, 15) is 14.7 Å². The molecular formula is C17H26N2O4. The predicted molar refractivity (Wildman–Crippen MR) is 87.5 cm³/mol. The molecule has 0 heterocycles. The molecule has 0 aromatic heterocycles. The number of aliphatic hydroxyl groups is 1. The van der Waals surface area contributed by atoms with Crippen molar-refractivity contribution in [3.8, 4) is 0 Å². The Labute approximate surface area is 137 Å². The number of carbonyl (C=O) groups excluding carboxylic acids is 2. The van der Waals surface area contributed by atoms with E-state index in [-0.39, 0.29) is 13.0 Å². The van der Waals surface area contributed by atoms with Crippen molar-refractivity contribution < 1.29 is 19.4 Å². The topological polar surface area (TPSA) is 87.7 Å². The van der Waals surface area contributed by atoms with Crippen LogP contribution in [0.4, 0.5) is 4.79 Å². The highest BCUT2D eigenvalue weighted by molar-refractivity contribution is 5.88. The summed E-state index contributed by atoms with van der Waals surface area (Å²) in [6.45, 7) is 7.21. The summed E-state index contributed by atoms with van der Waals surface area (Å²) >= 11 is 0. The Balaban J connectivity index is 2.70. The average molecular weight is 322 g/mol. The first-order chi connectivity index (χ1) is 10.7. The maximum atomic E-state index is 12.3. The van der Waals surface area contributed by atoms with Gasteiger partial charge in [0.1, 0.15) is 5.60 Å². The van der Waals surface area contributed by atoms with Gasteiger partial charge in [0.2, 0.25) is 5.72 Å². The van der Waals surface area contributed by atoms with Gasteiger partial charge in [0, 0.05) is 13.0 Å². The Kier molecular flexibility index (Phi) is 6.57. The van der Waals surface area contributed by atoms with E-state index in [1.807, 2.05) is 37.3 Å². The average Bonchev–Trinajstić information content (AvgIpc) is 2.43. The van der Waals surface area contributed by atoms with Gasteiger partial charge < -0.3 is 15.2 Å². The maximum absolute atomic E-state index is 12.3.